The highest BCUT2D eigenvalue weighted by Crippen LogP contribution is 2.28. The summed E-state index contributed by atoms with van der Waals surface area (Å²) in [5, 5.41) is 2.93. The van der Waals surface area contributed by atoms with E-state index in [1.165, 1.54) is 18.6 Å². The van der Waals surface area contributed by atoms with Gasteiger partial charge in [0.1, 0.15) is 17.6 Å². The molecule has 0 bridgehead atoms. The number of likely N-dealkylation sites (tertiary alicyclic amines) is 1. The summed E-state index contributed by atoms with van der Waals surface area (Å²) < 4.78 is 18.4. The number of hydrogen-bond acceptors (Lipinski definition) is 3. The highest BCUT2D eigenvalue weighted by atomic mass is 19.1. The van der Waals surface area contributed by atoms with E-state index in [4.69, 9.17) is 4.74 Å². The number of rotatable bonds is 7. The van der Waals surface area contributed by atoms with Crippen LogP contribution >= 0.6 is 0 Å². The van der Waals surface area contributed by atoms with Gasteiger partial charge < -0.3 is 15.0 Å². The summed E-state index contributed by atoms with van der Waals surface area (Å²) in [5.41, 5.74) is 0. The first-order valence-electron chi connectivity index (χ1n) is 10.1. The lowest BCUT2D eigenvalue weighted by atomic mass is 9.88. The van der Waals surface area contributed by atoms with Gasteiger partial charge in [0.15, 0.2) is 0 Å². The number of benzene rings is 1. The Kier molecular flexibility index (Phi) is 7.07. The molecular formula is C21H29FN2O3. The molecule has 5 nitrogen and oxygen atoms in total. The second kappa shape index (κ2) is 9.72. The zero-order valence-electron chi connectivity index (χ0n) is 15.8. The van der Waals surface area contributed by atoms with Crippen molar-refractivity contribution < 1.29 is 18.7 Å². The SMILES string of the molecule is O=C(NCCCOc1ccc(F)cc1)C1CCCN1C(=O)C1CCCCC1. The Labute approximate surface area is 160 Å². The van der Waals surface area contributed by atoms with Crippen LogP contribution in [-0.2, 0) is 9.59 Å². The Bertz CT molecular complexity index is 629. The fraction of sp³-hybridized carbons (Fsp3) is 0.619. The normalized spacial score (nSPS) is 20.5. The number of halogens is 1. The Balaban J connectivity index is 1.39. The van der Waals surface area contributed by atoms with Gasteiger partial charge >= 0.3 is 0 Å². The van der Waals surface area contributed by atoms with Crippen LogP contribution in [0.4, 0.5) is 4.39 Å². The van der Waals surface area contributed by atoms with E-state index in [0.717, 1.165) is 38.5 Å². The van der Waals surface area contributed by atoms with Gasteiger partial charge in [-0.3, -0.25) is 9.59 Å². The molecule has 1 saturated heterocycles. The molecule has 0 spiro atoms. The first-order valence-corrected chi connectivity index (χ1v) is 10.1. The molecule has 2 aliphatic rings. The first kappa shape index (κ1) is 19.6. The largest absolute Gasteiger partial charge is 0.494 e. The van der Waals surface area contributed by atoms with Crippen LogP contribution in [0.2, 0.25) is 0 Å². The van der Waals surface area contributed by atoms with Crippen molar-refractivity contribution >= 4 is 11.8 Å². The summed E-state index contributed by atoms with van der Waals surface area (Å²) in [4.78, 5) is 27.1. The minimum Gasteiger partial charge on any atom is -0.494 e. The van der Waals surface area contributed by atoms with Crippen molar-refractivity contribution in [2.24, 2.45) is 5.92 Å². The fourth-order valence-corrected chi connectivity index (χ4v) is 4.01. The molecule has 6 heteroatoms. The monoisotopic (exact) mass is 376 g/mol. The summed E-state index contributed by atoms with van der Waals surface area (Å²) in [7, 11) is 0. The number of nitrogens with one attached hydrogen (secondary N) is 1. The Morgan fingerprint density at radius 3 is 2.56 bits per heavy atom. The summed E-state index contributed by atoms with van der Waals surface area (Å²) in [6, 6.07) is 5.56. The molecule has 148 valence electrons. The molecular weight excluding hydrogens is 347 g/mol. The molecule has 27 heavy (non-hydrogen) atoms. The maximum Gasteiger partial charge on any atom is 0.242 e. The van der Waals surface area contributed by atoms with E-state index in [1.807, 2.05) is 0 Å². The van der Waals surface area contributed by atoms with Crippen LogP contribution in [0.1, 0.15) is 51.4 Å². The summed E-state index contributed by atoms with van der Waals surface area (Å²) in [6.07, 6.45) is 7.68. The number of carbonyl (C=O) groups is 2. The van der Waals surface area contributed by atoms with Gasteiger partial charge in [-0.2, -0.15) is 0 Å². The second-order valence-electron chi connectivity index (χ2n) is 7.47. The van der Waals surface area contributed by atoms with Crippen molar-refractivity contribution in [2.45, 2.75) is 57.4 Å². The standard InChI is InChI=1S/C21H29FN2O3/c22-17-9-11-18(12-10-17)27-15-5-13-23-20(25)19-8-4-14-24(19)21(26)16-6-2-1-3-7-16/h9-12,16,19H,1-8,13-15H2,(H,23,25). The fourth-order valence-electron chi connectivity index (χ4n) is 4.01. The predicted molar refractivity (Wildman–Crippen MR) is 101 cm³/mol. The lowest BCUT2D eigenvalue weighted by molar-refractivity contribution is -0.142. The minimum absolute atomic E-state index is 0.0570. The molecule has 1 atom stereocenters. The van der Waals surface area contributed by atoms with E-state index in [-0.39, 0.29) is 29.6 Å². The van der Waals surface area contributed by atoms with Gasteiger partial charge in [-0.15, -0.1) is 0 Å². The molecule has 1 aliphatic heterocycles. The number of hydrogen-bond donors (Lipinski definition) is 1. The smallest absolute Gasteiger partial charge is 0.242 e. The molecule has 1 N–H and O–H groups in total. The van der Waals surface area contributed by atoms with Crippen LogP contribution in [-0.4, -0.2) is 42.5 Å². The molecule has 1 aromatic rings. The lowest BCUT2D eigenvalue weighted by Gasteiger charge is -2.30. The Morgan fingerprint density at radius 2 is 1.81 bits per heavy atom. The highest BCUT2D eigenvalue weighted by molar-refractivity contribution is 5.89. The molecule has 1 aromatic carbocycles. The van der Waals surface area contributed by atoms with Crippen molar-refractivity contribution in [2.75, 3.05) is 19.7 Å². The minimum atomic E-state index is -0.322. The van der Waals surface area contributed by atoms with Gasteiger partial charge in [0.2, 0.25) is 11.8 Å². The van der Waals surface area contributed by atoms with Crippen LogP contribution < -0.4 is 10.1 Å². The Morgan fingerprint density at radius 1 is 1.07 bits per heavy atom. The molecule has 2 fully saturated rings. The quantitative estimate of drug-likeness (QED) is 0.743. The van der Waals surface area contributed by atoms with E-state index in [2.05, 4.69) is 5.32 Å². The van der Waals surface area contributed by atoms with E-state index in [0.29, 0.717) is 31.9 Å². The zero-order chi connectivity index (χ0) is 19.1. The van der Waals surface area contributed by atoms with Gasteiger partial charge in [-0.1, -0.05) is 19.3 Å². The first-order chi connectivity index (χ1) is 13.1. The summed E-state index contributed by atoms with van der Waals surface area (Å²) in [5.74, 6) is 0.544. The van der Waals surface area contributed by atoms with Crippen LogP contribution in [0.15, 0.2) is 24.3 Å². The third kappa shape index (κ3) is 5.44. The average Bonchev–Trinajstić information content (AvgIpc) is 3.19. The summed E-state index contributed by atoms with van der Waals surface area (Å²) >= 11 is 0. The number of carbonyl (C=O) groups excluding carboxylic acids is 2. The van der Waals surface area contributed by atoms with E-state index in [1.54, 1.807) is 17.0 Å². The number of amides is 2. The molecule has 3 rings (SSSR count). The molecule has 2 amide bonds. The van der Waals surface area contributed by atoms with E-state index >= 15 is 0 Å². The lowest BCUT2D eigenvalue weighted by Crippen LogP contribution is -2.48. The Hall–Kier alpha value is -2.11. The third-order valence-corrected chi connectivity index (χ3v) is 5.50. The van der Waals surface area contributed by atoms with Crippen molar-refractivity contribution in [1.82, 2.24) is 10.2 Å². The number of nitrogens with zero attached hydrogens (tertiary/aromatic N) is 1. The number of ether oxygens (including phenoxy) is 1. The van der Waals surface area contributed by atoms with Gasteiger partial charge in [0.05, 0.1) is 6.61 Å². The van der Waals surface area contributed by atoms with Crippen molar-refractivity contribution in [1.29, 1.82) is 0 Å². The van der Waals surface area contributed by atoms with Crippen molar-refractivity contribution in [3.05, 3.63) is 30.1 Å². The van der Waals surface area contributed by atoms with Crippen molar-refractivity contribution in [3.63, 3.8) is 0 Å². The van der Waals surface area contributed by atoms with Crippen molar-refractivity contribution in [3.8, 4) is 5.75 Å². The van der Waals surface area contributed by atoms with Gasteiger partial charge in [0, 0.05) is 19.0 Å². The highest BCUT2D eigenvalue weighted by Gasteiger charge is 2.37. The molecule has 0 aromatic heterocycles. The van der Waals surface area contributed by atoms with Crippen LogP contribution in [0.3, 0.4) is 0 Å². The average molecular weight is 376 g/mol. The second-order valence-corrected chi connectivity index (χ2v) is 7.47. The maximum atomic E-state index is 12.8. The topological polar surface area (TPSA) is 58.6 Å². The molecule has 1 saturated carbocycles. The van der Waals surface area contributed by atoms with E-state index < -0.39 is 0 Å². The van der Waals surface area contributed by atoms with Gasteiger partial charge in [-0.05, 0) is 56.4 Å². The molecule has 0 radical (unpaired) electrons. The summed E-state index contributed by atoms with van der Waals surface area (Å²) in [6.45, 7) is 1.64. The molecule has 1 aliphatic carbocycles. The predicted octanol–water partition coefficient (Wildman–Crippen LogP) is 3.28. The maximum absolute atomic E-state index is 12.8. The van der Waals surface area contributed by atoms with Crippen LogP contribution in [0.5, 0.6) is 5.75 Å². The molecule has 1 heterocycles. The van der Waals surface area contributed by atoms with Crippen LogP contribution in [0.25, 0.3) is 0 Å². The van der Waals surface area contributed by atoms with Gasteiger partial charge in [0.25, 0.3) is 0 Å². The molecule has 1 unspecified atom stereocenters. The zero-order valence-corrected chi connectivity index (χ0v) is 15.8. The van der Waals surface area contributed by atoms with Gasteiger partial charge in [-0.25, -0.2) is 4.39 Å². The van der Waals surface area contributed by atoms with Crippen LogP contribution in [0, 0.1) is 11.7 Å². The third-order valence-electron chi connectivity index (χ3n) is 5.50. The van der Waals surface area contributed by atoms with E-state index in [9.17, 15) is 14.0 Å².